The van der Waals surface area contributed by atoms with Gasteiger partial charge in [-0.25, -0.2) is 13.8 Å². The van der Waals surface area contributed by atoms with Crippen LogP contribution in [0, 0.1) is 11.8 Å². The van der Waals surface area contributed by atoms with Crippen molar-refractivity contribution in [1.82, 2.24) is 14.9 Å². The lowest BCUT2D eigenvalue weighted by Crippen LogP contribution is -2.45. The van der Waals surface area contributed by atoms with E-state index in [9.17, 15) is 23.2 Å². The number of aromatic nitrogens is 2. The first-order chi connectivity index (χ1) is 12.7. The number of hydrogen-bond donors (Lipinski definition) is 1. The summed E-state index contributed by atoms with van der Waals surface area (Å²) < 4.78 is 30.5. The minimum Gasteiger partial charge on any atom is -0.469 e. The number of hydrogen-bond acceptors (Lipinski definition) is 6. The fourth-order valence-electron chi connectivity index (χ4n) is 2.89. The van der Waals surface area contributed by atoms with Crippen LogP contribution in [-0.2, 0) is 14.3 Å². The van der Waals surface area contributed by atoms with Crippen LogP contribution in [0.5, 0.6) is 0 Å². The highest BCUT2D eigenvalue weighted by Gasteiger charge is 2.33. The summed E-state index contributed by atoms with van der Waals surface area (Å²) in [7, 11) is 1.34. The number of carbonyl (C=O) groups excluding carboxylic acids is 2. The van der Waals surface area contributed by atoms with E-state index in [1.165, 1.54) is 7.11 Å². The number of methoxy groups -OCH3 is 1. The molecule has 1 aromatic heterocycles. The van der Waals surface area contributed by atoms with Crippen LogP contribution >= 0.6 is 11.8 Å². The number of nitrogens with one attached hydrogen (secondary N) is 1. The molecule has 10 heteroatoms. The van der Waals surface area contributed by atoms with Crippen molar-refractivity contribution in [2.75, 3.05) is 20.2 Å². The van der Waals surface area contributed by atoms with Crippen LogP contribution in [0.15, 0.2) is 16.0 Å². The van der Waals surface area contributed by atoms with Gasteiger partial charge in [0.05, 0.1) is 18.3 Å². The number of ether oxygens (including phenoxy) is 1. The van der Waals surface area contributed by atoms with Crippen LogP contribution in [0.3, 0.4) is 0 Å². The van der Waals surface area contributed by atoms with Crippen LogP contribution in [0.4, 0.5) is 8.78 Å². The lowest BCUT2D eigenvalue weighted by atomic mass is 9.96. The fraction of sp³-hybridized carbons (Fsp3) is 0.647. The number of alkyl halides is 2. The minimum absolute atomic E-state index is 0.00528. The lowest BCUT2D eigenvalue weighted by Gasteiger charge is -2.34. The third kappa shape index (κ3) is 5.50. The van der Waals surface area contributed by atoms with E-state index >= 15 is 0 Å². The summed E-state index contributed by atoms with van der Waals surface area (Å²) in [4.78, 5) is 43.9. The van der Waals surface area contributed by atoms with Crippen LogP contribution in [0.25, 0.3) is 0 Å². The molecule has 1 amide bonds. The van der Waals surface area contributed by atoms with Gasteiger partial charge in [-0.1, -0.05) is 25.6 Å². The van der Waals surface area contributed by atoms with E-state index in [4.69, 9.17) is 4.74 Å². The number of halogens is 2. The lowest BCUT2D eigenvalue weighted by molar-refractivity contribution is -0.148. The molecule has 27 heavy (non-hydrogen) atoms. The highest BCUT2D eigenvalue weighted by atomic mass is 32.2. The quantitative estimate of drug-likeness (QED) is 0.445. The van der Waals surface area contributed by atoms with Gasteiger partial charge < -0.3 is 14.6 Å². The van der Waals surface area contributed by atoms with Crippen molar-refractivity contribution in [2.45, 2.75) is 43.5 Å². The van der Waals surface area contributed by atoms with Crippen molar-refractivity contribution in [2.24, 2.45) is 11.8 Å². The van der Waals surface area contributed by atoms with Crippen LogP contribution in [0.1, 0.15) is 38.8 Å². The van der Waals surface area contributed by atoms with Gasteiger partial charge in [-0.2, -0.15) is 0 Å². The standard InChI is InChI=1S/C17H23F2N3O4S/c1-9(2)13(27-17-20-11(14(18)19)8-12(23)21-17)15(24)22-6-4-10(5-7-22)16(25)26-3/h8-10,13-14H,4-7H2,1-3H3,(H,20,21,23). The Kier molecular flexibility index (Phi) is 7.34. The molecule has 0 spiro atoms. The number of carbonyl (C=O) groups is 2. The highest BCUT2D eigenvalue weighted by Crippen LogP contribution is 2.29. The van der Waals surface area contributed by atoms with Crippen molar-refractivity contribution in [3.63, 3.8) is 0 Å². The molecule has 0 saturated carbocycles. The molecule has 0 radical (unpaired) electrons. The third-order valence-electron chi connectivity index (χ3n) is 4.39. The zero-order valence-corrected chi connectivity index (χ0v) is 16.2. The maximum atomic E-state index is 12.9. The number of likely N-dealkylation sites (tertiary alicyclic amines) is 1. The molecule has 1 atom stereocenters. The summed E-state index contributed by atoms with van der Waals surface area (Å²) in [6.45, 7) is 4.52. The first-order valence-corrected chi connectivity index (χ1v) is 9.53. The average Bonchev–Trinajstić information content (AvgIpc) is 2.64. The molecule has 2 rings (SSSR count). The SMILES string of the molecule is COC(=O)C1CCN(C(=O)C(Sc2nc(C(F)F)cc(=O)[nH]2)C(C)C)CC1. The normalized spacial score (nSPS) is 16.6. The molecule has 1 N–H and O–H groups in total. The summed E-state index contributed by atoms with van der Waals surface area (Å²) in [6, 6.07) is 0.749. The first kappa shape index (κ1) is 21.3. The summed E-state index contributed by atoms with van der Waals surface area (Å²) in [5.74, 6) is -0.767. The predicted molar refractivity (Wildman–Crippen MR) is 95.6 cm³/mol. The Morgan fingerprint density at radius 2 is 1.96 bits per heavy atom. The van der Waals surface area contributed by atoms with Gasteiger partial charge >= 0.3 is 5.97 Å². The van der Waals surface area contributed by atoms with Crippen LogP contribution in [-0.4, -0.2) is 52.2 Å². The van der Waals surface area contributed by atoms with Gasteiger partial charge in [0.2, 0.25) is 5.91 Å². The minimum atomic E-state index is -2.86. The number of nitrogens with zero attached hydrogens (tertiary/aromatic N) is 2. The number of H-pyrrole nitrogens is 1. The summed E-state index contributed by atoms with van der Waals surface area (Å²) in [6.07, 6.45) is -1.83. The molecule has 1 aliphatic rings. The van der Waals surface area contributed by atoms with Crippen LogP contribution in [0.2, 0.25) is 0 Å². The Balaban J connectivity index is 2.10. The second-order valence-electron chi connectivity index (χ2n) is 6.68. The molecule has 1 fully saturated rings. The number of piperidine rings is 1. The molecule has 150 valence electrons. The molecular weight excluding hydrogens is 380 g/mol. The Hall–Kier alpha value is -1.97. The second kappa shape index (κ2) is 9.29. The smallest absolute Gasteiger partial charge is 0.308 e. The molecule has 1 saturated heterocycles. The fourth-order valence-corrected chi connectivity index (χ4v) is 3.98. The van der Waals surface area contributed by atoms with E-state index in [1.54, 1.807) is 4.90 Å². The number of amides is 1. The van der Waals surface area contributed by atoms with E-state index < -0.39 is 22.9 Å². The Bertz CT molecular complexity index is 733. The average molecular weight is 403 g/mol. The van der Waals surface area contributed by atoms with Gasteiger partial charge in [0.25, 0.3) is 12.0 Å². The molecule has 0 bridgehead atoms. The summed E-state index contributed by atoms with van der Waals surface area (Å²) in [5.41, 5.74) is -1.30. The zero-order valence-electron chi connectivity index (χ0n) is 15.4. The van der Waals surface area contributed by atoms with E-state index in [-0.39, 0.29) is 28.9 Å². The highest BCUT2D eigenvalue weighted by molar-refractivity contribution is 8.00. The Labute approximate surface area is 159 Å². The van der Waals surface area contributed by atoms with Gasteiger partial charge in [0.15, 0.2) is 5.16 Å². The van der Waals surface area contributed by atoms with E-state index in [1.807, 2.05) is 13.8 Å². The Morgan fingerprint density at radius 3 is 2.48 bits per heavy atom. The molecule has 1 aliphatic heterocycles. The summed E-state index contributed by atoms with van der Waals surface area (Å²) in [5, 5.41) is -0.593. The van der Waals surface area contributed by atoms with Gasteiger partial charge in [0.1, 0.15) is 5.69 Å². The Morgan fingerprint density at radius 1 is 1.33 bits per heavy atom. The van der Waals surface area contributed by atoms with Crippen molar-refractivity contribution in [1.29, 1.82) is 0 Å². The van der Waals surface area contributed by atoms with E-state index in [0.717, 1.165) is 17.8 Å². The van der Waals surface area contributed by atoms with Crippen molar-refractivity contribution in [3.05, 3.63) is 22.1 Å². The van der Waals surface area contributed by atoms with Crippen molar-refractivity contribution in [3.8, 4) is 0 Å². The first-order valence-electron chi connectivity index (χ1n) is 8.65. The third-order valence-corrected chi connectivity index (χ3v) is 5.81. The summed E-state index contributed by atoms with van der Waals surface area (Å²) >= 11 is 0.973. The molecule has 7 nitrogen and oxygen atoms in total. The number of esters is 1. The molecule has 0 aliphatic carbocycles. The van der Waals surface area contributed by atoms with Gasteiger partial charge in [-0.05, 0) is 18.8 Å². The molecule has 0 aromatic carbocycles. The van der Waals surface area contributed by atoms with E-state index in [2.05, 4.69) is 9.97 Å². The predicted octanol–water partition coefficient (Wildman–Crippen LogP) is 2.24. The molecule has 2 heterocycles. The van der Waals surface area contributed by atoms with Gasteiger partial charge in [-0.15, -0.1) is 0 Å². The molecule has 1 aromatic rings. The van der Waals surface area contributed by atoms with Crippen molar-refractivity contribution < 1.29 is 23.1 Å². The number of aromatic amines is 1. The molecular formula is C17H23F2N3O4S. The van der Waals surface area contributed by atoms with Crippen LogP contribution < -0.4 is 5.56 Å². The van der Waals surface area contributed by atoms with Gasteiger partial charge in [0, 0.05) is 19.2 Å². The van der Waals surface area contributed by atoms with Gasteiger partial charge in [-0.3, -0.25) is 14.4 Å². The monoisotopic (exact) mass is 403 g/mol. The molecule has 1 unspecified atom stereocenters. The van der Waals surface area contributed by atoms with E-state index in [0.29, 0.717) is 25.9 Å². The zero-order chi connectivity index (χ0) is 20.1. The maximum absolute atomic E-state index is 12.9. The topological polar surface area (TPSA) is 92.4 Å². The maximum Gasteiger partial charge on any atom is 0.308 e. The second-order valence-corrected chi connectivity index (χ2v) is 7.81. The largest absolute Gasteiger partial charge is 0.469 e. The van der Waals surface area contributed by atoms with Crippen molar-refractivity contribution >= 4 is 23.6 Å². The number of rotatable bonds is 6. The number of thioether (sulfide) groups is 1.